The Bertz CT molecular complexity index is 869. The lowest BCUT2D eigenvalue weighted by atomic mass is 10.1. The summed E-state index contributed by atoms with van der Waals surface area (Å²) in [6.45, 7) is 0.0139. The number of methoxy groups -OCH3 is 1. The van der Waals surface area contributed by atoms with Crippen molar-refractivity contribution < 1.29 is 37.3 Å². The van der Waals surface area contributed by atoms with Crippen LogP contribution < -0.4 is 19.5 Å². The summed E-state index contributed by atoms with van der Waals surface area (Å²) in [6.07, 6.45) is 0. The van der Waals surface area contributed by atoms with Crippen LogP contribution in [0.4, 0.5) is 14.5 Å². The van der Waals surface area contributed by atoms with Gasteiger partial charge >= 0.3 is 5.97 Å². The van der Waals surface area contributed by atoms with Gasteiger partial charge < -0.3 is 24.3 Å². The fourth-order valence-corrected chi connectivity index (χ4v) is 2.38. The molecule has 0 aromatic heterocycles. The average Bonchev–Trinajstić information content (AvgIpc) is 2.67. The lowest BCUT2D eigenvalue weighted by Gasteiger charge is -2.21. The Kier molecular flexibility index (Phi) is 5.39. The summed E-state index contributed by atoms with van der Waals surface area (Å²) in [5.74, 6) is -2.30. The van der Waals surface area contributed by atoms with E-state index in [1.54, 1.807) is 0 Å². The molecule has 1 N–H and O–H groups in total. The van der Waals surface area contributed by atoms with Crippen LogP contribution in [0.15, 0.2) is 30.3 Å². The van der Waals surface area contributed by atoms with E-state index in [4.69, 9.17) is 18.9 Å². The fraction of sp³-hybridized carbons (Fsp3) is 0.222. The number of ether oxygens (including phenoxy) is 4. The van der Waals surface area contributed by atoms with Crippen LogP contribution >= 0.6 is 0 Å². The Morgan fingerprint density at radius 1 is 1.15 bits per heavy atom. The second kappa shape index (κ2) is 7.90. The first-order chi connectivity index (χ1) is 13.0. The molecular weight excluding hydrogens is 364 g/mol. The maximum absolute atomic E-state index is 13.5. The van der Waals surface area contributed by atoms with Crippen molar-refractivity contribution in [3.05, 3.63) is 47.5 Å². The van der Waals surface area contributed by atoms with Gasteiger partial charge in [0.25, 0.3) is 5.91 Å². The third kappa shape index (κ3) is 4.25. The number of hydrogen-bond acceptors (Lipinski definition) is 6. The second-order valence-electron chi connectivity index (χ2n) is 5.45. The summed E-state index contributed by atoms with van der Waals surface area (Å²) in [6, 6.07) is 5.50. The number of rotatable bonds is 5. The molecule has 0 atom stereocenters. The van der Waals surface area contributed by atoms with Gasteiger partial charge in [-0.1, -0.05) is 0 Å². The number of hydrogen-bond donors (Lipinski definition) is 1. The monoisotopic (exact) mass is 379 g/mol. The lowest BCUT2D eigenvalue weighted by molar-refractivity contribution is -0.119. The molecule has 2 aromatic carbocycles. The molecule has 3 rings (SSSR count). The minimum Gasteiger partial charge on any atom is -0.493 e. The summed E-state index contributed by atoms with van der Waals surface area (Å²) in [4.78, 5) is 24.0. The number of halogens is 2. The lowest BCUT2D eigenvalue weighted by Crippen LogP contribution is -2.22. The van der Waals surface area contributed by atoms with Crippen molar-refractivity contribution in [1.29, 1.82) is 0 Å². The van der Waals surface area contributed by atoms with Gasteiger partial charge in [-0.25, -0.2) is 13.6 Å². The van der Waals surface area contributed by atoms with Crippen LogP contribution in [0, 0.1) is 11.6 Å². The number of nitrogens with one attached hydrogen (secondary N) is 1. The zero-order valence-corrected chi connectivity index (χ0v) is 14.2. The van der Waals surface area contributed by atoms with E-state index in [0.717, 1.165) is 12.1 Å². The third-order valence-electron chi connectivity index (χ3n) is 3.60. The van der Waals surface area contributed by atoms with Crippen LogP contribution in [0.2, 0.25) is 0 Å². The molecule has 1 aliphatic rings. The van der Waals surface area contributed by atoms with Crippen LogP contribution in [0.5, 0.6) is 17.2 Å². The van der Waals surface area contributed by atoms with E-state index in [2.05, 4.69) is 5.32 Å². The standard InChI is InChI=1S/C18H15F2NO6/c1-24-14-6-10(7-15-17(14)26-5-4-25-15)18(23)27-9-16(22)21-13-3-2-11(19)8-12(13)20/h2-3,6-8H,4-5,9H2,1H3,(H,21,22). The molecule has 0 radical (unpaired) electrons. The van der Waals surface area contributed by atoms with Crippen LogP contribution in [0.25, 0.3) is 0 Å². The molecule has 1 amide bonds. The van der Waals surface area contributed by atoms with Gasteiger partial charge in [0.05, 0.1) is 18.4 Å². The van der Waals surface area contributed by atoms with Gasteiger partial charge in [0.1, 0.15) is 24.8 Å². The van der Waals surface area contributed by atoms with Crippen molar-refractivity contribution in [2.24, 2.45) is 0 Å². The highest BCUT2D eigenvalue weighted by Gasteiger charge is 2.22. The molecule has 0 unspecified atom stereocenters. The molecule has 1 heterocycles. The number of benzene rings is 2. The van der Waals surface area contributed by atoms with Crippen LogP contribution in [-0.4, -0.2) is 38.8 Å². The highest BCUT2D eigenvalue weighted by molar-refractivity contribution is 5.96. The molecule has 9 heteroatoms. The maximum atomic E-state index is 13.5. The van der Waals surface area contributed by atoms with Crippen LogP contribution in [0.3, 0.4) is 0 Å². The highest BCUT2D eigenvalue weighted by atomic mass is 19.1. The normalized spacial score (nSPS) is 12.3. The van der Waals surface area contributed by atoms with Crippen molar-refractivity contribution >= 4 is 17.6 Å². The molecule has 0 spiro atoms. The quantitative estimate of drug-likeness (QED) is 0.804. The number of amides is 1. The molecule has 2 aromatic rings. The number of fused-ring (bicyclic) bond motifs is 1. The summed E-state index contributed by atoms with van der Waals surface area (Å²) in [5, 5.41) is 2.19. The Labute approximate surface area is 152 Å². The molecule has 27 heavy (non-hydrogen) atoms. The van der Waals surface area contributed by atoms with Crippen molar-refractivity contribution in [1.82, 2.24) is 0 Å². The van der Waals surface area contributed by atoms with Gasteiger partial charge in [0.2, 0.25) is 5.75 Å². The molecule has 1 aliphatic heterocycles. The number of anilines is 1. The van der Waals surface area contributed by atoms with Crippen LogP contribution in [0.1, 0.15) is 10.4 Å². The first-order valence-electron chi connectivity index (χ1n) is 7.87. The number of carbonyl (C=O) groups is 2. The van der Waals surface area contributed by atoms with Crippen molar-refractivity contribution in [3.63, 3.8) is 0 Å². The minimum absolute atomic E-state index is 0.0943. The van der Waals surface area contributed by atoms with Gasteiger partial charge in [0.15, 0.2) is 18.1 Å². The predicted molar refractivity (Wildman–Crippen MR) is 89.3 cm³/mol. The first kappa shape index (κ1) is 18.4. The largest absolute Gasteiger partial charge is 0.493 e. The van der Waals surface area contributed by atoms with Crippen molar-refractivity contribution in [2.75, 3.05) is 32.2 Å². The van der Waals surface area contributed by atoms with E-state index < -0.39 is 30.1 Å². The van der Waals surface area contributed by atoms with Gasteiger partial charge in [-0.15, -0.1) is 0 Å². The van der Waals surface area contributed by atoms with E-state index in [1.807, 2.05) is 0 Å². The molecular formula is C18H15F2NO6. The van der Waals surface area contributed by atoms with E-state index in [-0.39, 0.29) is 17.0 Å². The van der Waals surface area contributed by atoms with Gasteiger partial charge in [-0.3, -0.25) is 4.79 Å². The topological polar surface area (TPSA) is 83.1 Å². The average molecular weight is 379 g/mol. The third-order valence-corrected chi connectivity index (χ3v) is 3.60. The Balaban J connectivity index is 1.64. The first-order valence-corrected chi connectivity index (χ1v) is 7.87. The Hall–Kier alpha value is -3.36. The van der Waals surface area contributed by atoms with Crippen molar-refractivity contribution in [2.45, 2.75) is 0 Å². The van der Waals surface area contributed by atoms with E-state index in [0.29, 0.717) is 30.8 Å². The summed E-state index contributed by atoms with van der Waals surface area (Å²) < 4.78 is 47.3. The molecule has 0 aliphatic carbocycles. The highest BCUT2D eigenvalue weighted by Crippen LogP contribution is 2.40. The number of carbonyl (C=O) groups excluding carboxylic acids is 2. The Morgan fingerprint density at radius 2 is 1.93 bits per heavy atom. The van der Waals surface area contributed by atoms with E-state index in [9.17, 15) is 18.4 Å². The Morgan fingerprint density at radius 3 is 2.67 bits per heavy atom. The molecule has 142 valence electrons. The molecule has 0 saturated heterocycles. The van der Waals surface area contributed by atoms with E-state index >= 15 is 0 Å². The SMILES string of the molecule is COc1cc(C(=O)OCC(=O)Nc2ccc(F)cc2F)cc2c1OCCO2. The van der Waals surface area contributed by atoms with E-state index in [1.165, 1.54) is 19.2 Å². The fourth-order valence-electron chi connectivity index (χ4n) is 2.38. The van der Waals surface area contributed by atoms with Crippen molar-refractivity contribution in [3.8, 4) is 17.2 Å². The minimum atomic E-state index is -0.939. The predicted octanol–water partition coefficient (Wildman–Crippen LogP) is 2.54. The van der Waals surface area contributed by atoms with Gasteiger partial charge in [-0.05, 0) is 24.3 Å². The summed E-state index contributed by atoms with van der Waals surface area (Å²) >= 11 is 0. The zero-order chi connectivity index (χ0) is 19.4. The zero-order valence-electron chi connectivity index (χ0n) is 14.2. The summed E-state index contributed by atoms with van der Waals surface area (Å²) in [5.41, 5.74) is -0.129. The molecule has 7 nitrogen and oxygen atoms in total. The van der Waals surface area contributed by atoms with Gasteiger partial charge in [0, 0.05) is 6.07 Å². The van der Waals surface area contributed by atoms with Gasteiger partial charge in [-0.2, -0.15) is 0 Å². The summed E-state index contributed by atoms with van der Waals surface area (Å²) in [7, 11) is 1.41. The number of esters is 1. The smallest absolute Gasteiger partial charge is 0.338 e. The molecule has 0 fully saturated rings. The van der Waals surface area contributed by atoms with Crippen LogP contribution in [-0.2, 0) is 9.53 Å². The maximum Gasteiger partial charge on any atom is 0.338 e. The molecule has 0 bridgehead atoms. The molecule has 0 saturated carbocycles. The second-order valence-corrected chi connectivity index (χ2v) is 5.45.